The predicted molar refractivity (Wildman–Crippen MR) is 79.0 cm³/mol. The van der Waals surface area contributed by atoms with E-state index in [4.69, 9.17) is 15.2 Å². The third-order valence-corrected chi connectivity index (χ3v) is 3.08. The van der Waals surface area contributed by atoms with Crippen LogP contribution >= 0.6 is 0 Å². The molecule has 0 radical (unpaired) electrons. The van der Waals surface area contributed by atoms with Crippen LogP contribution in [-0.4, -0.2) is 26.2 Å². The lowest BCUT2D eigenvalue weighted by Gasteiger charge is -2.08. The van der Waals surface area contributed by atoms with E-state index in [1.807, 2.05) is 6.07 Å². The van der Waals surface area contributed by atoms with Crippen molar-refractivity contribution in [1.29, 1.82) is 0 Å². The molecule has 0 heterocycles. The Morgan fingerprint density at radius 3 is 2.24 bits per heavy atom. The average Bonchev–Trinajstić information content (AvgIpc) is 2.54. The second-order valence-corrected chi connectivity index (χ2v) is 4.37. The first kappa shape index (κ1) is 14.6. The molecule has 0 aliphatic carbocycles. The van der Waals surface area contributed by atoms with Crippen molar-refractivity contribution >= 4 is 17.6 Å². The van der Waals surface area contributed by atoms with Gasteiger partial charge in [0.15, 0.2) is 0 Å². The maximum Gasteiger partial charge on any atom is 0.339 e. The van der Waals surface area contributed by atoms with Gasteiger partial charge in [0.25, 0.3) is 0 Å². The number of carbonyl (C=O) groups is 2. The zero-order chi connectivity index (χ0) is 15.4. The molecule has 21 heavy (non-hydrogen) atoms. The average molecular weight is 285 g/mol. The van der Waals surface area contributed by atoms with Crippen LogP contribution in [0.5, 0.6) is 0 Å². The van der Waals surface area contributed by atoms with Gasteiger partial charge in [0, 0.05) is 5.69 Å². The number of ether oxygens (including phenoxy) is 2. The minimum absolute atomic E-state index is 0.290. The summed E-state index contributed by atoms with van der Waals surface area (Å²) in [6, 6.07) is 12.0. The van der Waals surface area contributed by atoms with Crippen LogP contribution in [0, 0.1) is 0 Å². The Hall–Kier alpha value is -2.82. The molecule has 0 fully saturated rings. The van der Waals surface area contributed by atoms with Crippen LogP contribution in [0.15, 0.2) is 42.5 Å². The lowest BCUT2D eigenvalue weighted by molar-refractivity contribution is 0.0592. The zero-order valence-electron chi connectivity index (χ0n) is 11.8. The van der Waals surface area contributed by atoms with Crippen molar-refractivity contribution < 1.29 is 19.1 Å². The molecule has 5 heteroatoms. The molecule has 0 amide bonds. The third kappa shape index (κ3) is 3.02. The summed E-state index contributed by atoms with van der Waals surface area (Å²) in [7, 11) is 2.62. The van der Waals surface area contributed by atoms with E-state index in [9.17, 15) is 9.59 Å². The minimum atomic E-state index is -0.501. The van der Waals surface area contributed by atoms with Gasteiger partial charge in [-0.1, -0.05) is 18.2 Å². The molecule has 108 valence electrons. The van der Waals surface area contributed by atoms with Gasteiger partial charge < -0.3 is 15.2 Å². The fraction of sp³-hybridized carbons (Fsp3) is 0.125. The lowest BCUT2D eigenvalue weighted by atomic mass is 10.00. The third-order valence-electron chi connectivity index (χ3n) is 3.08. The topological polar surface area (TPSA) is 78.6 Å². The Morgan fingerprint density at radius 1 is 0.905 bits per heavy atom. The number of anilines is 1. The summed E-state index contributed by atoms with van der Waals surface area (Å²) in [6.45, 7) is 0. The maximum absolute atomic E-state index is 11.7. The van der Waals surface area contributed by atoms with E-state index in [-0.39, 0.29) is 0 Å². The number of hydrogen-bond donors (Lipinski definition) is 1. The summed E-state index contributed by atoms with van der Waals surface area (Å²) in [5, 5.41) is 0. The Morgan fingerprint density at radius 2 is 1.57 bits per heavy atom. The van der Waals surface area contributed by atoms with Gasteiger partial charge in [-0.2, -0.15) is 0 Å². The first-order valence-corrected chi connectivity index (χ1v) is 6.23. The standard InChI is InChI=1S/C16H15NO4/c1-20-15(18)12-5-3-4-10(8-12)11-6-7-14(17)13(9-11)16(19)21-2/h3-9H,17H2,1-2H3. The van der Waals surface area contributed by atoms with Gasteiger partial charge >= 0.3 is 11.9 Å². The van der Waals surface area contributed by atoms with E-state index in [0.717, 1.165) is 11.1 Å². The number of methoxy groups -OCH3 is 2. The molecule has 0 bridgehead atoms. The fourth-order valence-corrected chi connectivity index (χ4v) is 1.97. The number of benzene rings is 2. The maximum atomic E-state index is 11.7. The summed E-state index contributed by atoms with van der Waals surface area (Å²) >= 11 is 0. The molecular weight excluding hydrogens is 270 g/mol. The van der Waals surface area contributed by atoms with Crippen LogP contribution < -0.4 is 5.73 Å². The minimum Gasteiger partial charge on any atom is -0.465 e. The van der Waals surface area contributed by atoms with Crippen molar-refractivity contribution in [3.63, 3.8) is 0 Å². The van der Waals surface area contributed by atoms with Gasteiger partial charge in [-0.15, -0.1) is 0 Å². The molecule has 0 spiro atoms. The summed E-state index contributed by atoms with van der Waals surface area (Å²) in [4.78, 5) is 23.2. The number of nitrogen functional groups attached to an aromatic ring is 1. The molecule has 0 aliphatic rings. The van der Waals surface area contributed by atoms with Gasteiger partial charge in [-0.3, -0.25) is 0 Å². The van der Waals surface area contributed by atoms with Gasteiger partial charge in [0.2, 0.25) is 0 Å². The Kier molecular flexibility index (Phi) is 4.23. The normalized spacial score (nSPS) is 10.0. The zero-order valence-corrected chi connectivity index (χ0v) is 11.8. The summed E-state index contributed by atoms with van der Waals surface area (Å²) in [6.07, 6.45) is 0. The fourth-order valence-electron chi connectivity index (χ4n) is 1.97. The van der Waals surface area contributed by atoms with Crippen LogP contribution in [0.3, 0.4) is 0 Å². The van der Waals surface area contributed by atoms with E-state index in [1.54, 1.807) is 36.4 Å². The molecule has 0 unspecified atom stereocenters. The highest BCUT2D eigenvalue weighted by Crippen LogP contribution is 2.25. The van der Waals surface area contributed by atoms with E-state index < -0.39 is 11.9 Å². The summed E-state index contributed by atoms with van der Waals surface area (Å²) in [5.41, 5.74) is 8.38. The molecule has 0 saturated heterocycles. The van der Waals surface area contributed by atoms with Crippen LogP contribution in [0.4, 0.5) is 5.69 Å². The molecular formula is C16H15NO4. The van der Waals surface area contributed by atoms with Crippen molar-refractivity contribution in [3.05, 3.63) is 53.6 Å². The molecule has 2 aromatic rings. The SMILES string of the molecule is COC(=O)c1cccc(-c2ccc(N)c(C(=O)OC)c2)c1. The molecule has 0 aliphatic heterocycles. The quantitative estimate of drug-likeness (QED) is 0.692. The molecule has 5 nitrogen and oxygen atoms in total. The first-order valence-electron chi connectivity index (χ1n) is 6.23. The lowest BCUT2D eigenvalue weighted by Crippen LogP contribution is -2.05. The Labute approximate surface area is 122 Å². The molecule has 2 aromatic carbocycles. The van der Waals surface area contributed by atoms with Crippen molar-refractivity contribution in [2.24, 2.45) is 0 Å². The highest BCUT2D eigenvalue weighted by molar-refractivity contribution is 5.97. The molecule has 2 rings (SSSR count). The van der Waals surface area contributed by atoms with E-state index in [2.05, 4.69) is 0 Å². The van der Waals surface area contributed by atoms with Gasteiger partial charge in [0.1, 0.15) is 0 Å². The van der Waals surface area contributed by atoms with E-state index in [0.29, 0.717) is 16.8 Å². The van der Waals surface area contributed by atoms with Crippen molar-refractivity contribution in [1.82, 2.24) is 0 Å². The summed E-state index contributed by atoms with van der Waals surface area (Å²) in [5.74, 6) is -0.918. The van der Waals surface area contributed by atoms with Crippen LogP contribution in [-0.2, 0) is 9.47 Å². The van der Waals surface area contributed by atoms with Gasteiger partial charge in [-0.05, 0) is 35.4 Å². The largest absolute Gasteiger partial charge is 0.465 e. The number of carbonyl (C=O) groups excluding carboxylic acids is 2. The number of rotatable bonds is 3. The van der Waals surface area contributed by atoms with Crippen molar-refractivity contribution in [3.8, 4) is 11.1 Å². The summed E-state index contributed by atoms with van der Waals surface area (Å²) < 4.78 is 9.39. The Bertz CT molecular complexity index is 694. The van der Waals surface area contributed by atoms with Crippen molar-refractivity contribution in [2.75, 3.05) is 20.0 Å². The van der Waals surface area contributed by atoms with Gasteiger partial charge in [-0.25, -0.2) is 9.59 Å². The van der Waals surface area contributed by atoms with Crippen LogP contribution in [0.2, 0.25) is 0 Å². The first-order chi connectivity index (χ1) is 10.1. The molecule has 0 aromatic heterocycles. The monoisotopic (exact) mass is 285 g/mol. The smallest absolute Gasteiger partial charge is 0.339 e. The van der Waals surface area contributed by atoms with Crippen LogP contribution in [0.25, 0.3) is 11.1 Å². The second kappa shape index (κ2) is 6.09. The van der Waals surface area contributed by atoms with Gasteiger partial charge in [0.05, 0.1) is 25.3 Å². The number of esters is 2. The number of nitrogens with two attached hydrogens (primary N) is 1. The second-order valence-electron chi connectivity index (χ2n) is 4.37. The van der Waals surface area contributed by atoms with Crippen LogP contribution in [0.1, 0.15) is 20.7 Å². The molecule has 0 atom stereocenters. The predicted octanol–water partition coefficient (Wildman–Crippen LogP) is 2.51. The molecule has 2 N–H and O–H groups in total. The molecule has 0 saturated carbocycles. The highest BCUT2D eigenvalue weighted by Gasteiger charge is 2.12. The Balaban J connectivity index is 2.47. The number of hydrogen-bond acceptors (Lipinski definition) is 5. The van der Waals surface area contributed by atoms with Crippen molar-refractivity contribution in [2.45, 2.75) is 0 Å². The highest BCUT2D eigenvalue weighted by atomic mass is 16.5. The van der Waals surface area contributed by atoms with E-state index in [1.165, 1.54) is 14.2 Å². The van der Waals surface area contributed by atoms with E-state index >= 15 is 0 Å².